The largest absolute Gasteiger partial charge is 0.497 e. The fraction of sp³-hybridized carbons (Fsp3) is 0.235. The number of fused-ring (bicyclic) bond motifs is 4. The molecule has 0 atom stereocenters. The Bertz CT molecular complexity index is 1980. The molecule has 3 heterocycles. The summed E-state index contributed by atoms with van der Waals surface area (Å²) in [5, 5.41) is 0. The first-order valence-corrected chi connectivity index (χ1v) is 14.3. The Kier molecular flexibility index (Phi) is 6.66. The van der Waals surface area contributed by atoms with E-state index in [-0.39, 0.29) is 5.97 Å². The van der Waals surface area contributed by atoms with Crippen molar-refractivity contribution in [3.05, 3.63) is 90.3 Å². The van der Waals surface area contributed by atoms with Crippen LogP contribution < -0.4 is 4.74 Å². The van der Waals surface area contributed by atoms with Crippen LogP contribution in [-0.4, -0.2) is 44.1 Å². The topological polar surface area (TPSA) is 83.5 Å². The van der Waals surface area contributed by atoms with Crippen molar-refractivity contribution in [3.8, 4) is 28.4 Å². The molecular weight excluding hydrogens is 526 g/mol. The smallest absolute Gasteiger partial charge is 0.337 e. The number of ether oxygens (including phenoxy) is 2. The van der Waals surface area contributed by atoms with Gasteiger partial charge in [0.15, 0.2) is 5.65 Å². The minimum absolute atomic E-state index is 0.370. The molecule has 210 valence electrons. The third kappa shape index (κ3) is 4.59. The van der Waals surface area contributed by atoms with Crippen LogP contribution in [0, 0.1) is 0 Å². The van der Waals surface area contributed by atoms with Gasteiger partial charge in [-0.2, -0.15) is 0 Å². The van der Waals surface area contributed by atoms with Gasteiger partial charge in [-0.05, 0) is 92.8 Å². The van der Waals surface area contributed by atoms with Crippen LogP contribution in [0.25, 0.3) is 50.4 Å². The van der Waals surface area contributed by atoms with Crippen molar-refractivity contribution in [2.75, 3.05) is 14.2 Å². The number of hydrogen-bond acceptors (Lipinski definition) is 6. The lowest BCUT2D eigenvalue weighted by atomic mass is 9.97. The second-order valence-electron chi connectivity index (χ2n) is 10.7. The van der Waals surface area contributed by atoms with Crippen molar-refractivity contribution < 1.29 is 14.3 Å². The van der Waals surface area contributed by atoms with E-state index in [9.17, 15) is 4.79 Å². The quantitative estimate of drug-likeness (QED) is 0.152. The van der Waals surface area contributed by atoms with Gasteiger partial charge in [-0.15, -0.1) is 0 Å². The third-order valence-corrected chi connectivity index (χ3v) is 8.15. The highest BCUT2D eigenvalue weighted by Gasteiger charge is 2.18. The van der Waals surface area contributed by atoms with Crippen LogP contribution in [0.15, 0.2) is 84.7 Å². The first-order chi connectivity index (χ1) is 20.6. The highest BCUT2D eigenvalue weighted by molar-refractivity contribution is 5.95. The van der Waals surface area contributed by atoms with Crippen molar-refractivity contribution in [2.24, 2.45) is 0 Å². The van der Waals surface area contributed by atoms with E-state index in [1.54, 1.807) is 13.3 Å². The first kappa shape index (κ1) is 26.0. The molecule has 0 radical (unpaired) electrons. The Balaban J connectivity index is 1.37. The van der Waals surface area contributed by atoms with Crippen molar-refractivity contribution in [2.45, 2.75) is 38.6 Å². The Hall–Kier alpha value is -4.98. The van der Waals surface area contributed by atoms with Crippen LogP contribution in [-0.2, 0) is 11.3 Å². The average Bonchev–Trinajstić information content (AvgIpc) is 3.68. The first-order valence-electron chi connectivity index (χ1n) is 14.3. The maximum atomic E-state index is 12.3. The Morgan fingerprint density at radius 2 is 1.71 bits per heavy atom. The summed E-state index contributed by atoms with van der Waals surface area (Å²) in [7, 11) is 3.06. The van der Waals surface area contributed by atoms with E-state index in [1.165, 1.54) is 25.5 Å². The van der Waals surface area contributed by atoms with Crippen LogP contribution in [0.1, 0.15) is 42.5 Å². The lowest BCUT2D eigenvalue weighted by Gasteiger charge is -2.15. The number of benzene rings is 3. The molecule has 0 unspecified atom stereocenters. The third-order valence-electron chi connectivity index (χ3n) is 8.15. The number of rotatable bonds is 7. The summed E-state index contributed by atoms with van der Waals surface area (Å²) < 4.78 is 14.7. The molecule has 0 spiro atoms. The van der Waals surface area contributed by atoms with Gasteiger partial charge in [0.25, 0.3) is 0 Å². The summed E-state index contributed by atoms with van der Waals surface area (Å²) >= 11 is 0. The second kappa shape index (κ2) is 10.8. The number of nitrogens with zero attached hydrogens (tertiary/aromatic N) is 5. The van der Waals surface area contributed by atoms with Crippen molar-refractivity contribution in [1.82, 2.24) is 23.9 Å². The monoisotopic (exact) mass is 557 g/mol. The molecule has 1 aliphatic rings. The average molecular weight is 558 g/mol. The molecule has 3 aromatic carbocycles. The Morgan fingerprint density at radius 1 is 0.905 bits per heavy atom. The van der Waals surface area contributed by atoms with Gasteiger partial charge in [0.1, 0.15) is 17.3 Å². The summed E-state index contributed by atoms with van der Waals surface area (Å²) in [5.74, 6) is 1.27. The van der Waals surface area contributed by atoms with Gasteiger partial charge in [-0.1, -0.05) is 11.6 Å². The zero-order chi connectivity index (χ0) is 28.6. The summed E-state index contributed by atoms with van der Waals surface area (Å²) in [6.07, 6.45) is 12.0. The Labute approximate surface area is 243 Å². The number of aromatic nitrogens is 5. The van der Waals surface area contributed by atoms with E-state index in [0.29, 0.717) is 5.56 Å². The predicted octanol–water partition coefficient (Wildman–Crippen LogP) is 7.25. The normalized spacial score (nSPS) is 13.5. The molecule has 8 nitrogen and oxygen atoms in total. The SMILES string of the molecule is COC(=O)c1ccc2c(c1)nc(-c1ccc3c(c1)nc(-c1ccc(OC)cc1)c1nccn13)n2CCC1=CCCCC1. The van der Waals surface area contributed by atoms with Gasteiger partial charge < -0.3 is 14.0 Å². The lowest BCUT2D eigenvalue weighted by Crippen LogP contribution is -2.04. The number of imidazole rings is 2. The van der Waals surface area contributed by atoms with E-state index in [2.05, 4.69) is 38.2 Å². The standard InChI is InChI=1S/C34H31N5O3/c1-41-26-12-8-23(9-13-26)31-33-35-17-19-39(33)29-14-10-24(20-27(29)36-31)32-37-28-21-25(34(40)42-2)11-15-30(28)38(32)18-16-22-6-4-3-5-7-22/h6,8-15,17,19-21H,3-5,7,16,18H2,1-2H3. The van der Waals surface area contributed by atoms with Gasteiger partial charge >= 0.3 is 5.97 Å². The zero-order valence-corrected chi connectivity index (χ0v) is 23.7. The number of aryl methyl sites for hydroxylation is 1. The molecule has 3 aromatic heterocycles. The molecule has 0 bridgehead atoms. The maximum absolute atomic E-state index is 12.3. The fourth-order valence-corrected chi connectivity index (χ4v) is 5.95. The molecule has 0 saturated heterocycles. The number of carbonyl (C=O) groups excluding carboxylic acids is 1. The van der Waals surface area contributed by atoms with Crippen molar-refractivity contribution in [1.29, 1.82) is 0 Å². The van der Waals surface area contributed by atoms with Crippen molar-refractivity contribution in [3.63, 3.8) is 0 Å². The molecule has 0 N–H and O–H groups in total. The molecular formula is C34H31N5O3. The molecule has 7 rings (SSSR count). The molecule has 0 fully saturated rings. The molecule has 8 heteroatoms. The number of hydrogen-bond donors (Lipinski definition) is 0. The predicted molar refractivity (Wildman–Crippen MR) is 164 cm³/mol. The van der Waals surface area contributed by atoms with Gasteiger partial charge in [0, 0.05) is 30.1 Å². The highest BCUT2D eigenvalue weighted by Crippen LogP contribution is 2.32. The fourth-order valence-electron chi connectivity index (χ4n) is 5.95. The van der Waals surface area contributed by atoms with Gasteiger partial charge in [0.2, 0.25) is 0 Å². The minimum atomic E-state index is -0.370. The van der Waals surface area contributed by atoms with E-state index in [4.69, 9.17) is 19.4 Å². The van der Waals surface area contributed by atoms with Crippen molar-refractivity contribution >= 4 is 33.7 Å². The van der Waals surface area contributed by atoms with E-state index in [1.807, 2.05) is 48.7 Å². The maximum Gasteiger partial charge on any atom is 0.337 e. The van der Waals surface area contributed by atoms with Crippen LogP contribution >= 0.6 is 0 Å². The van der Waals surface area contributed by atoms with Gasteiger partial charge in [0.05, 0.1) is 41.8 Å². The molecule has 6 aromatic rings. The van der Waals surface area contributed by atoms with Crippen LogP contribution in [0.5, 0.6) is 5.75 Å². The van der Waals surface area contributed by atoms with Crippen LogP contribution in [0.2, 0.25) is 0 Å². The summed E-state index contributed by atoms with van der Waals surface area (Å²) in [4.78, 5) is 27.1. The number of allylic oxidation sites excluding steroid dienone is 2. The van der Waals surface area contributed by atoms with Gasteiger partial charge in [-0.3, -0.25) is 4.40 Å². The summed E-state index contributed by atoms with van der Waals surface area (Å²) in [6.45, 7) is 0.804. The number of methoxy groups -OCH3 is 2. The molecule has 1 aliphatic carbocycles. The van der Waals surface area contributed by atoms with Crippen LogP contribution in [0.4, 0.5) is 0 Å². The molecule has 0 saturated carbocycles. The van der Waals surface area contributed by atoms with E-state index < -0.39 is 0 Å². The summed E-state index contributed by atoms with van der Waals surface area (Å²) in [5.41, 5.74) is 9.07. The summed E-state index contributed by atoms with van der Waals surface area (Å²) in [6, 6.07) is 19.8. The molecule has 0 amide bonds. The van der Waals surface area contributed by atoms with Crippen LogP contribution in [0.3, 0.4) is 0 Å². The van der Waals surface area contributed by atoms with E-state index in [0.717, 1.165) is 81.9 Å². The second-order valence-corrected chi connectivity index (χ2v) is 10.7. The zero-order valence-electron chi connectivity index (χ0n) is 23.7. The number of esters is 1. The lowest BCUT2D eigenvalue weighted by molar-refractivity contribution is 0.0601. The minimum Gasteiger partial charge on any atom is -0.497 e. The molecule has 0 aliphatic heterocycles. The number of carbonyl (C=O) groups is 1. The molecule has 42 heavy (non-hydrogen) atoms. The van der Waals surface area contributed by atoms with E-state index >= 15 is 0 Å². The Morgan fingerprint density at radius 3 is 2.50 bits per heavy atom. The van der Waals surface area contributed by atoms with Gasteiger partial charge in [-0.25, -0.2) is 19.7 Å². The highest BCUT2D eigenvalue weighted by atomic mass is 16.5.